The van der Waals surface area contributed by atoms with E-state index in [1.807, 2.05) is 13.0 Å². The molecule has 0 aromatic heterocycles. The minimum atomic E-state index is -0.497. The van der Waals surface area contributed by atoms with Crippen molar-refractivity contribution in [3.05, 3.63) is 22.7 Å². The Bertz CT molecular complexity index is 382. The summed E-state index contributed by atoms with van der Waals surface area (Å²) in [6.45, 7) is 1.86. The van der Waals surface area contributed by atoms with Gasteiger partial charge in [-0.2, -0.15) is 0 Å². The van der Waals surface area contributed by atoms with Crippen molar-refractivity contribution in [2.75, 3.05) is 12.4 Å². The Balaban J connectivity index is 2.87. The van der Waals surface area contributed by atoms with Gasteiger partial charge < -0.3 is 15.8 Å². The second kappa shape index (κ2) is 5.86. The average Bonchev–Trinajstić information content (AvgIpc) is 2.28. The molecule has 0 bridgehead atoms. The van der Waals surface area contributed by atoms with E-state index in [4.69, 9.17) is 10.5 Å². The van der Waals surface area contributed by atoms with Gasteiger partial charge >= 0.3 is 0 Å². The summed E-state index contributed by atoms with van der Waals surface area (Å²) in [5, 5.41) is 2.73. The van der Waals surface area contributed by atoms with Crippen LogP contribution in [0.5, 0.6) is 5.75 Å². The highest BCUT2D eigenvalue weighted by Crippen LogP contribution is 2.27. The minimum absolute atomic E-state index is 0.209. The van der Waals surface area contributed by atoms with E-state index in [1.165, 1.54) is 0 Å². The lowest BCUT2D eigenvalue weighted by atomic mass is 10.2. The zero-order valence-corrected chi connectivity index (χ0v) is 10.9. The van der Waals surface area contributed by atoms with Gasteiger partial charge in [-0.15, -0.1) is 0 Å². The molecule has 0 saturated heterocycles. The Hall–Kier alpha value is -1.07. The first-order chi connectivity index (χ1) is 7.58. The van der Waals surface area contributed by atoms with Gasteiger partial charge in [0.15, 0.2) is 0 Å². The summed E-state index contributed by atoms with van der Waals surface area (Å²) in [4.78, 5) is 11.6. The van der Waals surface area contributed by atoms with Gasteiger partial charge in [0.2, 0.25) is 5.91 Å². The first-order valence-electron chi connectivity index (χ1n) is 4.98. The van der Waals surface area contributed by atoms with Gasteiger partial charge in [-0.25, -0.2) is 0 Å². The van der Waals surface area contributed by atoms with Crippen LogP contribution in [0.3, 0.4) is 0 Å². The number of methoxy groups -OCH3 is 1. The fourth-order valence-electron chi connectivity index (χ4n) is 1.19. The summed E-state index contributed by atoms with van der Waals surface area (Å²) in [7, 11) is 1.55. The van der Waals surface area contributed by atoms with Crippen LogP contribution in [0, 0.1) is 0 Å². The molecule has 1 aromatic carbocycles. The van der Waals surface area contributed by atoms with Crippen LogP contribution in [0.1, 0.15) is 13.3 Å². The van der Waals surface area contributed by atoms with Crippen molar-refractivity contribution in [2.24, 2.45) is 5.73 Å². The molecule has 0 aliphatic heterocycles. The van der Waals surface area contributed by atoms with Crippen LogP contribution in [-0.2, 0) is 4.79 Å². The van der Waals surface area contributed by atoms with Gasteiger partial charge in [-0.05, 0) is 24.6 Å². The molecule has 0 aliphatic carbocycles. The molecule has 0 heterocycles. The fourth-order valence-corrected chi connectivity index (χ4v) is 1.55. The van der Waals surface area contributed by atoms with Crippen molar-refractivity contribution in [1.82, 2.24) is 0 Å². The molecular formula is C11H15BrN2O2. The number of carbonyl (C=O) groups excluding carboxylic acids is 1. The fraction of sp³-hybridized carbons (Fsp3) is 0.364. The topological polar surface area (TPSA) is 64.4 Å². The number of hydrogen-bond acceptors (Lipinski definition) is 3. The number of anilines is 1. The molecule has 0 radical (unpaired) electrons. The summed E-state index contributed by atoms with van der Waals surface area (Å²) in [6, 6.07) is 4.90. The highest BCUT2D eigenvalue weighted by atomic mass is 79.9. The van der Waals surface area contributed by atoms with Crippen LogP contribution in [0.4, 0.5) is 5.69 Å². The lowest BCUT2D eigenvalue weighted by molar-refractivity contribution is -0.117. The predicted molar refractivity (Wildman–Crippen MR) is 67.6 cm³/mol. The van der Waals surface area contributed by atoms with Crippen molar-refractivity contribution in [1.29, 1.82) is 0 Å². The highest BCUT2D eigenvalue weighted by molar-refractivity contribution is 9.10. The number of carbonyl (C=O) groups is 1. The van der Waals surface area contributed by atoms with Gasteiger partial charge in [-0.1, -0.05) is 22.9 Å². The SMILES string of the molecule is CC[C@@H](N)C(=O)Nc1cc(Br)ccc1OC. The van der Waals surface area contributed by atoms with Crippen LogP contribution in [0.25, 0.3) is 0 Å². The van der Waals surface area contributed by atoms with E-state index in [2.05, 4.69) is 21.2 Å². The Morgan fingerprint density at radius 3 is 2.88 bits per heavy atom. The van der Waals surface area contributed by atoms with Gasteiger partial charge in [-0.3, -0.25) is 4.79 Å². The Morgan fingerprint density at radius 1 is 1.62 bits per heavy atom. The van der Waals surface area contributed by atoms with Crippen LogP contribution >= 0.6 is 15.9 Å². The number of amides is 1. The molecule has 4 nitrogen and oxygen atoms in total. The quantitative estimate of drug-likeness (QED) is 0.891. The number of nitrogens with two attached hydrogens (primary N) is 1. The molecule has 16 heavy (non-hydrogen) atoms. The molecular weight excluding hydrogens is 272 g/mol. The third kappa shape index (κ3) is 3.21. The second-order valence-electron chi connectivity index (χ2n) is 3.35. The number of rotatable bonds is 4. The molecule has 0 aliphatic rings. The maximum absolute atomic E-state index is 11.6. The van der Waals surface area contributed by atoms with Crippen molar-refractivity contribution in [2.45, 2.75) is 19.4 Å². The van der Waals surface area contributed by atoms with Crippen molar-refractivity contribution in [3.63, 3.8) is 0 Å². The van der Waals surface area contributed by atoms with Gasteiger partial charge in [0.1, 0.15) is 5.75 Å². The lowest BCUT2D eigenvalue weighted by Crippen LogP contribution is -2.34. The average molecular weight is 287 g/mol. The van der Waals surface area contributed by atoms with E-state index in [-0.39, 0.29) is 5.91 Å². The third-order valence-corrected chi connectivity index (χ3v) is 2.69. The zero-order valence-electron chi connectivity index (χ0n) is 9.29. The number of nitrogens with one attached hydrogen (secondary N) is 1. The van der Waals surface area contributed by atoms with E-state index in [1.54, 1.807) is 19.2 Å². The Morgan fingerprint density at radius 2 is 2.31 bits per heavy atom. The Kier molecular flexibility index (Phi) is 4.76. The van der Waals surface area contributed by atoms with Crippen LogP contribution in [0.15, 0.2) is 22.7 Å². The second-order valence-corrected chi connectivity index (χ2v) is 4.26. The monoisotopic (exact) mass is 286 g/mol. The van der Waals surface area contributed by atoms with E-state index in [9.17, 15) is 4.79 Å². The number of halogens is 1. The molecule has 1 amide bonds. The summed E-state index contributed by atoms with van der Waals surface area (Å²) in [5.41, 5.74) is 6.25. The first-order valence-corrected chi connectivity index (χ1v) is 5.77. The smallest absolute Gasteiger partial charge is 0.241 e. The lowest BCUT2D eigenvalue weighted by Gasteiger charge is -2.13. The first kappa shape index (κ1) is 13.0. The van der Waals surface area contributed by atoms with E-state index < -0.39 is 6.04 Å². The summed E-state index contributed by atoms with van der Waals surface area (Å²) in [6.07, 6.45) is 0.599. The van der Waals surface area contributed by atoms with E-state index in [0.717, 1.165) is 4.47 Å². The molecule has 3 N–H and O–H groups in total. The number of ether oxygens (including phenoxy) is 1. The van der Waals surface area contributed by atoms with E-state index >= 15 is 0 Å². The van der Waals surface area contributed by atoms with Crippen molar-refractivity contribution in [3.8, 4) is 5.75 Å². The minimum Gasteiger partial charge on any atom is -0.495 e. The van der Waals surface area contributed by atoms with Gasteiger partial charge in [0, 0.05) is 4.47 Å². The van der Waals surface area contributed by atoms with Crippen molar-refractivity contribution >= 4 is 27.5 Å². The molecule has 88 valence electrons. The molecule has 0 fully saturated rings. The van der Waals surface area contributed by atoms with Crippen LogP contribution < -0.4 is 15.8 Å². The molecule has 1 rings (SSSR count). The third-order valence-electron chi connectivity index (χ3n) is 2.20. The predicted octanol–water partition coefficient (Wildman–Crippen LogP) is 2.13. The summed E-state index contributed by atoms with van der Waals surface area (Å²) in [5.74, 6) is 0.402. The largest absolute Gasteiger partial charge is 0.495 e. The van der Waals surface area contributed by atoms with Gasteiger partial charge in [0.25, 0.3) is 0 Å². The molecule has 5 heteroatoms. The van der Waals surface area contributed by atoms with E-state index in [0.29, 0.717) is 17.9 Å². The molecule has 1 aromatic rings. The van der Waals surface area contributed by atoms with Crippen molar-refractivity contribution < 1.29 is 9.53 Å². The molecule has 1 atom stereocenters. The summed E-state index contributed by atoms with van der Waals surface area (Å²) >= 11 is 3.33. The standard InChI is InChI=1S/C11H15BrN2O2/c1-3-8(13)11(15)14-9-6-7(12)4-5-10(9)16-2/h4-6,8H,3,13H2,1-2H3,(H,14,15)/t8-/m1/s1. The summed E-state index contributed by atoms with van der Waals surface area (Å²) < 4.78 is 6.01. The van der Waals surface area contributed by atoms with Gasteiger partial charge in [0.05, 0.1) is 18.8 Å². The van der Waals surface area contributed by atoms with Crippen LogP contribution in [0.2, 0.25) is 0 Å². The normalized spacial score (nSPS) is 12.0. The number of benzene rings is 1. The molecule has 0 unspecified atom stereocenters. The number of hydrogen-bond donors (Lipinski definition) is 2. The zero-order chi connectivity index (χ0) is 12.1. The van der Waals surface area contributed by atoms with Crippen LogP contribution in [-0.4, -0.2) is 19.1 Å². The molecule has 0 saturated carbocycles. The maximum Gasteiger partial charge on any atom is 0.241 e. The highest BCUT2D eigenvalue weighted by Gasteiger charge is 2.13. The Labute approximate surface area is 103 Å². The molecule has 0 spiro atoms. The maximum atomic E-state index is 11.6.